The number of carbonyl (C=O) groups is 2. The molecule has 136 valence electrons. The highest BCUT2D eigenvalue weighted by Crippen LogP contribution is 2.46. The van der Waals surface area contributed by atoms with E-state index in [9.17, 15) is 9.59 Å². The number of carboxylic acids is 1. The van der Waals surface area contributed by atoms with Gasteiger partial charge >= 0.3 is 12.0 Å². The minimum Gasteiger partial charge on any atom is -0.496 e. The highest BCUT2D eigenvalue weighted by molar-refractivity contribution is 5.75. The smallest absolute Gasteiger partial charge is 0.317 e. The Balaban J connectivity index is 1.60. The quantitative estimate of drug-likeness (QED) is 0.859. The molecule has 0 aromatic heterocycles. The van der Waals surface area contributed by atoms with Crippen LogP contribution in [0.4, 0.5) is 4.79 Å². The molecule has 0 spiro atoms. The molecule has 1 aliphatic carbocycles. The van der Waals surface area contributed by atoms with E-state index < -0.39 is 5.97 Å². The number of nitrogens with one attached hydrogen (secondary N) is 1. The van der Waals surface area contributed by atoms with Crippen molar-refractivity contribution in [1.82, 2.24) is 10.2 Å². The number of carbonyl (C=O) groups excluding carboxylic acids is 1. The third-order valence-corrected chi connectivity index (χ3v) is 5.70. The summed E-state index contributed by atoms with van der Waals surface area (Å²) in [4.78, 5) is 25.2. The molecule has 2 amide bonds. The number of hydrogen-bond acceptors (Lipinski definition) is 3. The number of amides is 2. The van der Waals surface area contributed by atoms with Gasteiger partial charge in [-0.2, -0.15) is 0 Å². The molecule has 1 saturated heterocycles. The van der Waals surface area contributed by atoms with Gasteiger partial charge in [0.05, 0.1) is 13.0 Å². The molecule has 1 heterocycles. The maximum absolute atomic E-state index is 12.5. The minimum atomic E-state index is -0.760. The largest absolute Gasteiger partial charge is 0.496 e. The van der Waals surface area contributed by atoms with Gasteiger partial charge in [-0.1, -0.05) is 24.6 Å². The second-order valence-electron chi connectivity index (χ2n) is 7.09. The summed E-state index contributed by atoms with van der Waals surface area (Å²) < 4.78 is 5.51. The van der Waals surface area contributed by atoms with Crippen molar-refractivity contribution in [2.24, 2.45) is 5.92 Å². The van der Waals surface area contributed by atoms with E-state index in [-0.39, 0.29) is 17.4 Å². The first kappa shape index (κ1) is 17.6. The van der Waals surface area contributed by atoms with Gasteiger partial charge in [-0.25, -0.2) is 4.79 Å². The average Bonchev–Trinajstić information content (AvgIpc) is 2.61. The summed E-state index contributed by atoms with van der Waals surface area (Å²) >= 11 is 0. The number of benzene rings is 1. The van der Waals surface area contributed by atoms with Gasteiger partial charge in [0.25, 0.3) is 0 Å². The van der Waals surface area contributed by atoms with Crippen LogP contribution >= 0.6 is 0 Å². The van der Waals surface area contributed by atoms with Gasteiger partial charge in [-0.15, -0.1) is 0 Å². The van der Waals surface area contributed by atoms with E-state index in [1.54, 1.807) is 12.0 Å². The third-order valence-electron chi connectivity index (χ3n) is 5.70. The van der Waals surface area contributed by atoms with Crippen molar-refractivity contribution in [3.63, 3.8) is 0 Å². The molecule has 1 aliphatic heterocycles. The molecule has 2 N–H and O–H groups in total. The van der Waals surface area contributed by atoms with Crippen molar-refractivity contribution < 1.29 is 19.4 Å². The number of likely N-dealkylation sites (tertiary alicyclic amines) is 1. The maximum atomic E-state index is 12.5. The molecular formula is C19H26N2O4. The van der Waals surface area contributed by atoms with Crippen LogP contribution in [0, 0.1) is 5.92 Å². The maximum Gasteiger partial charge on any atom is 0.317 e. The first-order chi connectivity index (χ1) is 12.1. The van der Waals surface area contributed by atoms with Gasteiger partial charge in [0.15, 0.2) is 0 Å². The minimum absolute atomic E-state index is 0.0539. The number of urea groups is 1. The molecule has 0 radical (unpaired) electrons. The van der Waals surface area contributed by atoms with Gasteiger partial charge in [0, 0.05) is 30.6 Å². The summed E-state index contributed by atoms with van der Waals surface area (Å²) in [5, 5.41) is 12.1. The number of hydrogen-bond donors (Lipinski definition) is 2. The summed E-state index contributed by atoms with van der Waals surface area (Å²) in [7, 11) is 1.68. The molecule has 3 rings (SSSR count). The van der Waals surface area contributed by atoms with Crippen LogP contribution in [0.5, 0.6) is 5.75 Å². The fourth-order valence-electron chi connectivity index (χ4n) is 3.91. The zero-order chi connectivity index (χ0) is 17.9. The third kappa shape index (κ3) is 3.57. The van der Waals surface area contributed by atoms with Crippen molar-refractivity contribution in [3.05, 3.63) is 29.8 Å². The Kier molecular flexibility index (Phi) is 5.16. The van der Waals surface area contributed by atoms with Crippen molar-refractivity contribution in [2.45, 2.75) is 37.5 Å². The number of methoxy groups -OCH3 is 1. The van der Waals surface area contributed by atoms with Crippen LogP contribution in [0.2, 0.25) is 0 Å². The lowest BCUT2D eigenvalue weighted by atomic mass is 9.64. The fourth-order valence-corrected chi connectivity index (χ4v) is 3.91. The molecule has 2 aliphatic rings. The van der Waals surface area contributed by atoms with Crippen LogP contribution in [-0.4, -0.2) is 48.8 Å². The summed E-state index contributed by atoms with van der Waals surface area (Å²) in [6.07, 6.45) is 4.28. The molecular weight excluding hydrogens is 320 g/mol. The van der Waals surface area contributed by atoms with E-state index in [0.717, 1.165) is 30.6 Å². The average molecular weight is 346 g/mol. The van der Waals surface area contributed by atoms with Gasteiger partial charge in [0.1, 0.15) is 5.75 Å². The lowest BCUT2D eigenvalue weighted by Gasteiger charge is -2.43. The zero-order valence-corrected chi connectivity index (χ0v) is 14.7. The van der Waals surface area contributed by atoms with Crippen LogP contribution in [0.25, 0.3) is 0 Å². The van der Waals surface area contributed by atoms with Gasteiger partial charge in [-0.05, 0) is 31.7 Å². The van der Waals surface area contributed by atoms with Crippen LogP contribution in [-0.2, 0) is 10.2 Å². The Morgan fingerprint density at radius 2 is 1.96 bits per heavy atom. The Bertz CT molecular complexity index is 634. The second kappa shape index (κ2) is 7.33. The lowest BCUT2D eigenvalue weighted by Crippen LogP contribution is -2.51. The van der Waals surface area contributed by atoms with Crippen molar-refractivity contribution in [3.8, 4) is 5.75 Å². The number of carboxylic acid groups (broad SMARTS) is 1. The summed E-state index contributed by atoms with van der Waals surface area (Å²) in [5.74, 6) is -0.209. The topological polar surface area (TPSA) is 78.9 Å². The van der Waals surface area contributed by atoms with Gasteiger partial charge < -0.3 is 20.1 Å². The fraction of sp³-hybridized carbons (Fsp3) is 0.579. The van der Waals surface area contributed by atoms with E-state index >= 15 is 0 Å². The molecule has 2 fully saturated rings. The summed E-state index contributed by atoms with van der Waals surface area (Å²) in [6.45, 7) is 1.60. The predicted molar refractivity (Wildman–Crippen MR) is 93.9 cm³/mol. The van der Waals surface area contributed by atoms with E-state index in [4.69, 9.17) is 9.84 Å². The SMILES string of the molecule is COc1ccccc1C1(CNC(=O)N2CCC(C(=O)O)CC2)CCC1. The number of rotatable bonds is 5. The first-order valence-electron chi connectivity index (χ1n) is 8.95. The molecule has 0 unspecified atom stereocenters. The summed E-state index contributed by atoms with van der Waals surface area (Å²) in [6, 6.07) is 7.93. The van der Waals surface area contributed by atoms with Crippen LogP contribution in [0.3, 0.4) is 0 Å². The molecule has 6 nitrogen and oxygen atoms in total. The molecule has 1 saturated carbocycles. The monoisotopic (exact) mass is 346 g/mol. The lowest BCUT2D eigenvalue weighted by molar-refractivity contribution is -0.143. The molecule has 25 heavy (non-hydrogen) atoms. The Hall–Kier alpha value is -2.24. The van der Waals surface area contributed by atoms with Gasteiger partial charge in [0.2, 0.25) is 0 Å². The normalized spacial score (nSPS) is 19.8. The van der Waals surface area contributed by atoms with Crippen molar-refractivity contribution >= 4 is 12.0 Å². The van der Waals surface area contributed by atoms with Crippen LogP contribution < -0.4 is 10.1 Å². The first-order valence-corrected chi connectivity index (χ1v) is 8.95. The number of aliphatic carboxylic acids is 1. The van der Waals surface area contributed by atoms with Crippen molar-refractivity contribution in [1.29, 1.82) is 0 Å². The van der Waals surface area contributed by atoms with E-state index in [1.807, 2.05) is 18.2 Å². The van der Waals surface area contributed by atoms with E-state index in [1.165, 1.54) is 0 Å². The van der Waals surface area contributed by atoms with Crippen LogP contribution in [0.15, 0.2) is 24.3 Å². The van der Waals surface area contributed by atoms with Crippen molar-refractivity contribution in [2.75, 3.05) is 26.7 Å². The summed E-state index contributed by atoms with van der Waals surface area (Å²) in [5.41, 5.74) is 1.11. The standard InChI is InChI=1S/C19H26N2O4/c1-25-16-6-3-2-5-15(16)19(9-4-10-19)13-20-18(24)21-11-7-14(8-12-21)17(22)23/h2-3,5-6,14H,4,7-13H2,1H3,(H,20,24)(H,22,23). The van der Waals surface area contributed by atoms with E-state index in [0.29, 0.717) is 32.5 Å². The van der Waals surface area contributed by atoms with E-state index in [2.05, 4.69) is 11.4 Å². The second-order valence-corrected chi connectivity index (χ2v) is 7.09. The van der Waals surface area contributed by atoms with Gasteiger partial charge in [-0.3, -0.25) is 4.79 Å². The Morgan fingerprint density at radius 1 is 1.28 bits per heavy atom. The Labute approximate surface area is 148 Å². The molecule has 1 aromatic rings. The predicted octanol–water partition coefficient (Wildman–Crippen LogP) is 2.62. The highest BCUT2D eigenvalue weighted by Gasteiger charge is 2.41. The van der Waals surface area contributed by atoms with Crippen LogP contribution in [0.1, 0.15) is 37.7 Å². The number of para-hydroxylation sites is 1. The highest BCUT2D eigenvalue weighted by atomic mass is 16.5. The molecule has 1 aromatic carbocycles. The molecule has 0 atom stereocenters. The molecule has 0 bridgehead atoms. The Morgan fingerprint density at radius 3 is 2.52 bits per heavy atom. The molecule has 6 heteroatoms. The number of nitrogens with zero attached hydrogens (tertiary/aromatic N) is 1. The number of piperidine rings is 1. The number of ether oxygens (including phenoxy) is 1. The zero-order valence-electron chi connectivity index (χ0n) is 14.7.